The van der Waals surface area contributed by atoms with Crippen LogP contribution in [0.1, 0.15) is 26.7 Å². The number of aliphatic hydroxyl groups is 1. The van der Waals surface area contributed by atoms with Gasteiger partial charge in [0.15, 0.2) is 23.3 Å². The number of rotatable bonds is 7. The van der Waals surface area contributed by atoms with Gasteiger partial charge in [-0.3, -0.25) is 0 Å². The van der Waals surface area contributed by atoms with Crippen molar-refractivity contribution in [1.82, 2.24) is 4.98 Å². The molecular weight excluding hydrogens is 252 g/mol. The molecule has 0 saturated carbocycles. The normalized spacial score (nSPS) is 11.5. The molecule has 1 aromatic rings. The number of hydrogen-bond donors (Lipinski definition) is 3. The van der Waals surface area contributed by atoms with Gasteiger partial charge in [0, 0.05) is 25.1 Å². The number of aromatic nitrogens is 1. The van der Waals surface area contributed by atoms with E-state index in [1.54, 1.807) is 0 Å². The molecule has 0 unspecified atom stereocenters. The van der Waals surface area contributed by atoms with Crippen molar-refractivity contribution in [2.75, 3.05) is 30.8 Å². The van der Waals surface area contributed by atoms with Gasteiger partial charge in [0.05, 0.1) is 6.61 Å². The van der Waals surface area contributed by atoms with Crippen LogP contribution in [0.3, 0.4) is 0 Å². The van der Waals surface area contributed by atoms with Crippen molar-refractivity contribution in [3.63, 3.8) is 0 Å². The van der Waals surface area contributed by atoms with Crippen molar-refractivity contribution in [2.45, 2.75) is 26.7 Å². The summed E-state index contributed by atoms with van der Waals surface area (Å²) < 4.78 is 26.9. The van der Waals surface area contributed by atoms with Gasteiger partial charge in [0.2, 0.25) is 0 Å². The van der Waals surface area contributed by atoms with Crippen LogP contribution < -0.4 is 10.6 Å². The molecule has 0 radical (unpaired) electrons. The maximum Gasteiger partial charge on any atom is 0.168 e. The average Bonchev–Trinajstić information content (AvgIpc) is 2.43. The molecule has 0 aliphatic carbocycles. The van der Waals surface area contributed by atoms with E-state index < -0.39 is 11.6 Å². The maximum absolute atomic E-state index is 13.6. The van der Waals surface area contributed by atoms with Crippen molar-refractivity contribution >= 4 is 11.6 Å². The highest BCUT2D eigenvalue weighted by Crippen LogP contribution is 2.27. The number of halogens is 2. The largest absolute Gasteiger partial charge is 0.396 e. The molecule has 0 aliphatic rings. The Kier molecular flexibility index (Phi) is 5.47. The van der Waals surface area contributed by atoms with Crippen molar-refractivity contribution in [3.8, 4) is 0 Å². The van der Waals surface area contributed by atoms with Crippen LogP contribution in [0.5, 0.6) is 0 Å². The summed E-state index contributed by atoms with van der Waals surface area (Å²) in [5.41, 5.74) is -0.317. The summed E-state index contributed by atoms with van der Waals surface area (Å²) in [6.07, 6.45) is 1.52. The molecule has 3 N–H and O–H groups in total. The van der Waals surface area contributed by atoms with Crippen LogP contribution in [0.4, 0.5) is 20.4 Å². The Balaban J connectivity index is 2.88. The molecular formula is C13H21F2N3O. The minimum atomic E-state index is -0.740. The highest BCUT2D eigenvalue weighted by Gasteiger charge is 2.25. The molecule has 0 saturated heterocycles. The van der Waals surface area contributed by atoms with E-state index in [2.05, 4.69) is 15.6 Å². The second-order valence-corrected chi connectivity index (χ2v) is 4.62. The minimum Gasteiger partial charge on any atom is -0.396 e. The summed E-state index contributed by atoms with van der Waals surface area (Å²) in [6.45, 7) is 4.33. The Bertz CT molecular complexity index is 414. The number of nitrogens with one attached hydrogen (secondary N) is 2. The number of hydrogen-bond acceptors (Lipinski definition) is 4. The summed E-state index contributed by atoms with van der Waals surface area (Å²) in [5, 5.41) is 14.9. The monoisotopic (exact) mass is 273 g/mol. The first-order valence-corrected chi connectivity index (χ1v) is 6.40. The Morgan fingerprint density at radius 3 is 2.26 bits per heavy atom. The third kappa shape index (κ3) is 3.53. The predicted molar refractivity (Wildman–Crippen MR) is 72.3 cm³/mol. The van der Waals surface area contributed by atoms with Crippen molar-refractivity contribution < 1.29 is 13.9 Å². The third-order valence-electron chi connectivity index (χ3n) is 3.63. The van der Waals surface area contributed by atoms with Crippen molar-refractivity contribution in [3.05, 3.63) is 17.7 Å². The van der Waals surface area contributed by atoms with Crippen LogP contribution in [-0.2, 0) is 0 Å². The zero-order valence-electron chi connectivity index (χ0n) is 11.6. The predicted octanol–water partition coefficient (Wildman–Crippen LogP) is 2.61. The first-order valence-electron chi connectivity index (χ1n) is 6.40. The summed E-state index contributed by atoms with van der Waals surface area (Å²) >= 11 is 0. The van der Waals surface area contributed by atoms with E-state index in [0.717, 1.165) is 18.9 Å². The van der Waals surface area contributed by atoms with Gasteiger partial charge < -0.3 is 15.7 Å². The molecule has 6 heteroatoms. The number of anilines is 2. The van der Waals surface area contributed by atoms with Gasteiger partial charge in [-0.2, -0.15) is 0 Å². The van der Waals surface area contributed by atoms with Gasteiger partial charge in [0.25, 0.3) is 0 Å². The molecule has 0 bridgehead atoms. The zero-order valence-corrected chi connectivity index (χ0v) is 11.6. The van der Waals surface area contributed by atoms with E-state index in [1.165, 1.54) is 7.05 Å². The lowest BCUT2D eigenvalue weighted by Gasteiger charge is -2.29. The highest BCUT2D eigenvalue weighted by molar-refractivity contribution is 5.47. The smallest absolute Gasteiger partial charge is 0.168 e. The van der Waals surface area contributed by atoms with Gasteiger partial charge >= 0.3 is 0 Å². The second kappa shape index (κ2) is 6.65. The summed E-state index contributed by atoms with van der Waals surface area (Å²) in [4.78, 5) is 3.84. The Labute approximate surface area is 112 Å². The molecule has 1 rings (SSSR count). The lowest BCUT2D eigenvalue weighted by molar-refractivity contribution is 0.127. The fraction of sp³-hybridized carbons (Fsp3) is 0.615. The standard InChI is InChI=1S/C13H21F2N3O/c1-4-13(5-2,8-19)7-17-12-10(15)6-9(14)11(16-3)18-12/h6,19H,4-5,7-8H2,1-3H3,(H2,16,17,18). The molecule has 1 heterocycles. The second-order valence-electron chi connectivity index (χ2n) is 4.62. The molecule has 108 valence electrons. The molecule has 0 atom stereocenters. The van der Waals surface area contributed by atoms with Crippen LogP contribution in [0, 0.1) is 17.0 Å². The van der Waals surface area contributed by atoms with Crippen LogP contribution in [-0.4, -0.2) is 30.3 Å². The summed E-state index contributed by atoms with van der Waals surface area (Å²) in [6, 6.07) is 0.791. The van der Waals surface area contributed by atoms with Crippen LogP contribution in [0.2, 0.25) is 0 Å². The Morgan fingerprint density at radius 2 is 1.79 bits per heavy atom. The van der Waals surface area contributed by atoms with Crippen LogP contribution in [0.25, 0.3) is 0 Å². The fourth-order valence-electron chi connectivity index (χ4n) is 1.82. The Hall–Kier alpha value is -1.43. The Morgan fingerprint density at radius 1 is 1.21 bits per heavy atom. The average molecular weight is 273 g/mol. The van der Waals surface area contributed by atoms with Gasteiger partial charge in [-0.25, -0.2) is 13.8 Å². The van der Waals surface area contributed by atoms with Gasteiger partial charge in [0.1, 0.15) is 0 Å². The van der Waals surface area contributed by atoms with E-state index in [1.807, 2.05) is 13.8 Å². The van der Waals surface area contributed by atoms with Crippen molar-refractivity contribution in [1.29, 1.82) is 0 Å². The van der Waals surface area contributed by atoms with E-state index in [0.29, 0.717) is 6.54 Å². The minimum absolute atomic E-state index is 0.00787. The topological polar surface area (TPSA) is 57.2 Å². The van der Waals surface area contributed by atoms with Gasteiger partial charge in [-0.15, -0.1) is 0 Å². The van der Waals surface area contributed by atoms with Gasteiger partial charge in [-0.05, 0) is 12.8 Å². The van der Waals surface area contributed by atoms with E-state index in [4.69, 9.17) is 0 Å². The van der Waals surface area contributed by atoms with E-state index in [-0.39, 0.29) is 23.7 Å². The highest BCUT2D eigenvalue weighted by atomic mass is 19.1. The lowest BCUT2D eigenvalue weighted by atomic mass is 9.83. The maximum atomic E-state index is 13.6. The van der Waals surface area contributed by atoms with Crippen LogP contribution in [0.15, 0.2) is 6.07 Å². The molecule has 19 heavy (non-hydrogen) atoms. The lowest BCUT2D eigenvalue weighted by Crippen LogP contribution is -2.32. The third-order valence-corrected chi connectivity index (χ3v) is 3.63. The molecule has 1 aromatic heterocycles. The molecule has 0 spiro atoms. The molecule has 0 fully saturated rings. The number of pyridine rings is 1. The SMILES string of the molecule is CCC(CC)(CO)CNc1nc(NC)c(F)cc1F. The fourth-order valence-corrected chi connectivity index (χ4v) is 1.82. The molecule has 0 aliphatic heterocycles. The zero-order chi connectivity index (χ0) is 14.5. The van der Waals surface area contributed by atoms with Crippen molar-refractivity contribution in [2.24, 2.45) is 5.41 Å². The summed E-state index contributed by atoms with van der Waals surface area (Å²) in [7, 11) is 1.52. The molecule has 0 aromatic carbocycles. The first kappa shape index (κ1) is 15.6. The first-order chi connectivity index (χ1) is 9.01. The van der Waals surface area contributed by atoms with Crippen LogP contribution >= 0.6 is 0 Å². The van der Waals surface area contributed by atoms with E-state index >= 15 is 0 Å². The molecule has 0 amide bonds. The number of nitrogens with zero attached hydrogens (tertiary/aromatic N) is 1. The van der Waals surface area contributed by atoms with Gasteiger partial charge in [-0.1, -0.05) is 13.8 Å². The quantitative estimate of drug-likeness (QED) is 0.715. The van der Waals surface area contributed by atoms with E-state index in [9.17, 15) is 13.9 Å². The summed E-state index contributed by atoms with van der Waals surface area (Å²) in [5.74, 6) is -1.49. The number of aliphatic hydroxyl groups excluding tert-OH is 1. The molecule has 4 nitrogen and oxygen atoms in total.